The van der Waals surface area contributed by atoms with Crippen LogP contribution in [0.3, 0.4) is 0 Å². The van der Waals surface area contributed by atoms with Gasteiger partial charge in [0.25, 0.3) is 5.92 Å². The van der Waals surface area contributed by atoms with Crippen molar-refractivity contribution in [2.75, 3.05) is 24.8 Å². The number of ether oxygens (including phenoxy) is 1. The van der Waals surface area contributed by atoms with E-state index in [4.69, 9.17) is 21.1 Å². The number of fused-ring (bicyclic) bond motifs is 1. The molecule has 30 heavy (non-hydrogen) atoms. The predicted octanol–water partition coefficient (Wildman–Crippen LogP) is 3.45. The van der Waals surface area contributed by atoms with E-state index >= 15 is 0 Å². The van der Waals surface area contributed by atoms with Crippen LogP contribution in [0.5, 0.6) is 5.75 Å². The number of methoxy groups -OCH3 is 1. The fourth-order valence-corrected chi connectivity index (χ4v) is 5.08. The van der Waals surface area contributed by atoms with E-state index in [1.807, 2.05) is 0 Å². The van der Waals surface area contributed by atoms with E-state index in [-0.39, 0.29) is 58.4 Å². The van der Waals surface area contributed by atoms with Gasteiger partial charge in [0.2, 0.25) is 5.95 Å². The minimum absolute atomic E-state index is 0.0684. The molecule has 1 unspecified atom stereocenters. The Balaban J connectivity index is 1.96. The normalized spacial score (nSPS) is 24.2. The highest BCUT2D eigenvalue weighted by atomic mass is 35.5. The second-order valence-corrected chi connectivity index (χ2v) is 10.2. The maximum absolute atomic E-state index is 14.6. The lowest BCUT2D eigenvalue weighted by Gasteiger charge is -2.43. The lowest BCUT2D eigenvalue weighted by atomic mass is 10.0. The van der Waals surface area contributed by atoms with Gasteiger partial charge in [-0.1, -0.05) is 11.6 Å². The molecule has 1 aliphatic carbocycles. The van der Waals surface area contributed by atoms with Crippen LogP contribution in [-0.2, 0) is 22.1 Å². The summed E-state index contributed by atoms with van der Waals surface area (Å²) in [7, 11) is -1.86. The molecule has 1 fully saturated rings. The number of benzene rings is 1. The number of halogens is 3. The van der Waals surface area contributed by atoms with Crippen LogP contribution < -0.4 is 9.64 Å². The summed E-state index contributed by atoms with van der Waals surface area (Å²) in [5.74, 6) is -2.89. The summed E-state index contributed by atoms with van der Waals surface area (Å²) in [6.45, 7) is 2.01. The van der Waals surface area contributed by atoms with Gasteiger partial charge < -0.3 is 14.7 Å². The zero-order valence-corrected chi connectivity index (χ0v) is 18.2. The Labute approximate surface area is 178 Å². The summed E-state index contributed by atoms with van der Waals surface area (Å²) < 4.78 is 54.8. The highest BCUT2D eigenvalue weighted by molar-refractivity contribution is 7.91. The standard InChI is InChI=1S/C19H21ClF2N4O3S/c1-9-13(27)8-26(9)18-24-15(11-4-5-19(21,22)17(11)25-18)10-6-12(20)16(29-2)14(7-10)30(3,23)28/h6-7,9,13,23,27H,4-5,8H2,1-3H3/t9-,13+,30?/m0/s1. The van der Waals surface area contributed by atoms with Gasteiger partial charge in [0, 0.05) is 30.3 Å². The largest absolute Gasteiger partial charge is 0.494 e. The van der Waals surface area contributed by atoms with Crippen LogP contribution in [-0.4, -0.2) is 51.3 Å². The monoisotopic (exact) mass is 458 g/mol. The number of nitrogens with zero attached hydrogens (tertiary/aromatic N) is 3. The van der Waals surface area contributed by atoms with Gasteiger partial charge in [-0.25, -0.2) is 19.0 Å². The third kappa shape index (κ3) is 3.30. The van der Waals surface area contributed by atoms with Crippen molar-refractivity contribution in [2.45, 2.75) is 42.7 Å². The number of nitrogens with one attached hydrogen (secondary N) is 1. The van der Waals surface area contributed by atoms with Crippen LogP contribution in [0.15, 0.2) is 17.0 Å². The van der Waals surface area contributed by atoms with Crippen LogP contribution in [0.2, 0.25) is 5.02 Å². The fourth-order valence-electron chi connectivity index (χ4n) is 3.83. The predicted molar refractivity (Wildman–Crippen MR) is 109 cm³/mol. The Morgan fingerprint density at radius 3 is 2.67 bits per heavy atom. The van der Waals surface area contributed by atoms with Crippen LogP contribution in [0.1, 0.15) is 24.6 Å². The van der Waals surface area contributed by atoms with E-state index in [0.717, 1.165) is 0 Å². The molecule has 0 bridgehead atoms. The smallest absolute Gasteiger partial charge is 0.290 e. The first-order valence-corrected chi connectivity index (χ1v) is 11.6. The molecule has 3 atom stereocenters. The fraction of sp³-hybridized carbons (Fsp3) is 0.474. The van der Waals surface area contributed by atoms with Crippen LogP contribution in [0.25, 0.3) is 11.3 Å². The Hall–Kier alpha value is -2.04. The quantitative estimate of drug-likeness (QED) is 0.728. The molecule has 2 aromatic rings. The molecule has 1 aliphatic heterocycles. The number of aromatic nitrogens is 2. The zero-order valence-electron chi connectivity index (χ0n) is 16.6. The van der Waals surface area contributed by atoms with Gasteiger partial charge >= 0.3 is 0 Å². The number of alkyl halides is 2. The third-order valence-corrected chi connectivity index (χ3v) is 7.05. The molecule has 7 nitrogen and oxygen atoms in total. The average Bonchev–Trinajstić information content (AvgIpc) is 2.98. The van der Waals surface area contributed by atoms with Gasteiger partial charge in [0.05, 0.1) is 44.6 Å². The van der Waals surface area contributed by atoms with Crippen molar-refractivity contribution in [3.63, 3.8) is 0 Å². The molecule has 1 aromatic carbocycles. The van der Waals surface area contributed by atoms with Crippen molar-refractivity contribution >= 4 is 27.3 Å². The van der Waals surface area contributed by atoms with Gasteiger partial charge in [0.15, 0.2) is 5.75 Å². The molecule has 11 heteroatoms. The summed E-state index contributed by atoms with van der Waals surface area (Å²) in [5, 5.41) is 9.93. The lowest BCUT2D eigenvalue weighted by molar-refractivity contribution is -0.00603. The molecule has 0 amide bonds. The lowest BCUT2D eigenvalue weighted by Crippen LogP contribution is -2.59. The first-order chi connectivity index (χ1) is 13.9. The van der Waals surface area contributed by atoms with Crippen molar-refractivity contribution in [2.24, 2.45) is 0 Å². The van der Waals surface area contributed by atoms with Crippen molar-refractivity contribution in [3.8, 4) is 17.0 Å². The van der Waals surface area contributed by atoms with Crippen LogP contribution in [0, 0.1) is 4.78 Å². The number of anilines is 1. The summed E-state index contributed by atoms with van der Waals surface area (Å²) in [4.78, 5) is 10.4. The molecular formula is C19H21ClF2N4O3S. The van der Waals surface area contributed by atoms with E-state index < -0.39 is 21.8 Å². The van der Waals surface area contributed by atoms with Crippen molar-refractivity contribution in [1.82, 2.24) is 9.97 Å². The van der Waals surface area contributed by atoms with E-state index in [2.05, 4.69) is 9.97 Å². The van der Waals surface area contributed by atoms with Gasteiger partial charge in [-0.15, -0.1) is 0 Å². The van der Waals surface area contributed by atoms with Crippen LogP contribution in [0.4, 0.5) is 14.7 Å². The maximum Gasteiger partial charge on any atom is 0.290 e. The molecular weight excluding hydrogens is 438 g/mol. The summed E-state index contributed by atoms with van der Waals surface area (Å²) in [6.07, 6.45) is 0.349. The highest BCUT2D eigenvalue weighted by Gasteiger charge is 2.45. The molecule has 2 aliphatic rings. The first-order valence-electron chi connectivity index (χ1n) is 9.29. The molecule has 0 saturated carbocycles. The molecule has 1 aromatic heterocycles. The van der Waals surface area contributed by atoms with E-state index in [1.54, 1.807) is 11.8 Å². The summed E-state index contributed by atoms with van der Waals surface area (Å²) in [5.41, 5.74) is 0.587. The maximum atomic E-state index is 14.6. The van der Waals surface area contributed by atoms with Gasteiger partial charge in [-0.05, 0) is 25.5 Å². The molecule has 0 spiro atoms. The van der Waals surface area contributed by atoms with E-state index in [1.165, 1.54) is 25.5 Å². The average molecular weight is 459 g/mol. The molecule has 162 valence electrons. The van der Waals surface area contributed by atoms with Crippen molar-refractivity contribution in [3.05, 3.63) is 28.4 Å². The van der Waals surface area contributed by atoms with E-state index in [9.17, 15) is 18.1 Å². The van der Waals surface area contributed by atoms with Crippen LogP contribution >= 0.6 is 11.6 Å². The van der Waals surface area contributed by atoms with E-state index in [0.29, 0.717) is 11.1 Å². The van der Waals surface area contributed by atoms with Crippen molar-refractivity contribution < 1.29 is 22.8 Å². The molecule has 4 rings (SSSR count). The minimum Gasteiger partial charge on any atom is -0.494 e. The number of aliphatic hydroxyl groups is 1. The summed E-state index contributed by atoms with van der Waals surface area (Å²) >= 11 is 6.31. The number of rotatable bonds is 4. The Morgan fingerprint density at radius 2 is 2.10 bits per heavy atom. The Bertz CT molecular complexity index is 1140. The Morgan fingerprint density at radius 1 is 1.40 bits per heavy atom. The van der Waals surface area contributed by atoms with Gasteiger partial charge in [0.1, 0.15) is 5.69 Å². The zero-order chi connectivity index (χ0) is 22.0. The number of β-amino-alcohol motifs (C(OH)–C–C–N with tert-alkyl or cyclic N) is 1. The second-order valence-electron chi connectivity index (χ2n) is 7.70. The molecule has 2 heterocycles. The van der Waals surface area contributed by atoms with Gasteiger partial charge in [-0.3, -0.25) is 0 Å². The first kappa shape index (κ1) is 21.2. The third-order valence-electron chi connectivity index (χ3n) is 5.63. The topological polar surface area (TPSA) is 99.4 Å². The Kier molecular flexibility index (Phi) is 4.94. The van der Waals surface area contributed by atoms with Gasteiger partial charge in [-0.2, -0.15) is 8.78 Å². The number of aliphatic hydroxyl groups excluding tert-OH is 1. The molecule has 2 N–H and O–H groups in total. The molecule has 0 radical (unpaired) electrons. The summed E-state index contributed by atoms with van der Waals surface area (Å²) in [6, 6.07) is 2.66. The van der Waals surface area contributed by atoms with Crippen molar-refractivity contribution in [1.29, 1.82) is 4.78 Å². The molecule has 1 saturated heterocycles. The second kappa shape index (κ2) is 7.00. The highest BCUT2D eigenvalue weighted by Crippen LogP contribution is 2.46. The number of hydrogen-bond donors (Lipinski definition) is 2. The SMILES string of the molecule is COc1c(Cl)cc(-c2nc(N3C[C@@H](O)[C@@H]3C)nc3c2CCC3(F)F)cc1S(C)(=N)=O. The minimum atomic E-state index is -3.22. The number of hydrogen-bond acceptors (Lipinski definition) is 7.